The lowest BCUT2D eigenvalue weighted by Crippen LogP contribution is -2.37. The van der Waals surface area contributed by atoms with Crippen LogP contribution in [0.4, 0.5) is 34.1 Å². The smallest absolute Gasteiger partial charge is 0.416 e. The minimum absolute atomic E-state index is 0.110. The summed E-state index contributed by atoms with van der Waals surface area (Å²) in [6.45, 7) is 6.32. The minimum atomic E-state index is -4.51. The van der Waals surface area contributed by atoms with Gasteiger partial charge in [0.25, 0.3) is 11.1 Å². The van der Waals surface area contributed by atoms with E-state index in [0.717, 1.165) is 51.6 Å². The fourth-order valence-electron chi connectivity index (χ4n) is 4.10. The molecule has 3 aromatic carbocycles. The highest BCUT2D eigenvalue weighted by molar-refractivity contribution is 8.15. The van der Waals surface area contributed by atoms with Gasteiger partial charge in [0.2, 0.25) is 5.91 Å². The largest absolute Gasteiger partial charge is 0.457 e. The van der Waals surface area contributed by atoms with Crippen LogP contribution in [-0.4, -0.2) is 41.0 Å². The predicted octanol–water partition coefficient (Wildman–Crippen LogP) is 7.11. The Morgan fingerprint density at radius 1 is 0.889 bits per heavy atom. The van der Waals surface area contributed by atoms with Gasteiger partial charge < -0.3 is 14.3 Å². The molecule has 1 unspecified atom stereocenters. The van der Waals surface area contributed by atoms with Crippen molar-refractivity contribution < 1.29 is 46.7 Å². The van der Waals surface area contributed by atoms with E-state index >= 15 is 0 Å². The van der Waals surface area contributed by atoms with E-state index < -0.39 is 39.8 Å². The third-order valence-electron chi connectivity index (χ3n) is 6.21. The normalized spacial score (nSPS) is 14.9. The zero-order chi connectivity index (χ0) is 33.1. The first-order chi connectivity index (χ1) is 21.0. The monoisotopic (exact) mass is 645 g/mol. The fraction of sp³-hybridized carbons (Fsp3) is 0.290. The van der Waals surface area contributed by atoms with Crippen LogP contribution in [0.3, 0.4) is 0 Å². The molecule has 1 aliphatic heterocycles. The SMILES string of the molecule is CC(=O)N(Oc1ccc(CC2SC(=O)NC2=O)cc1)c1ccc(Oc2ccc(C(F)(F)F)cc2)cc1N(C)C(=O)OC(C)(C)C. The first-order valence-corrected chi connectivity index (χ1v) is 14.4. The standard InChI is InChI=1S/C31H30F3N3O7S/c1-18(38)37(44-22-10-6-19(7-11-22)16-26-27(39)35-28(40)45-26)24-15-14-23(17-25(24)36(5)29(41)43-30(2,3)4)42-21-12-8-20(9-13-21)31(32,33)34/h6-15,17,26H,16H2,1-5H3,(H,35,39,40). The number of carbonyl (C=O) groups is 4. The van der Waals surface area contributed by atoms with Crippen molar-refractivity contribution in [2.75, 3.05) is 17.0 Å². The number of halogens is 3. The van der Waals surface area contributed by atoms with Crippen LogP contribution in [0, 0.1) is 0 Å². The van der Waals surface area contributed by atoms with Crippen molar-refractivity contribution in [2.24, 2.45) is 0 Å². The van der Waals surface area contributed by atoms with E-state index in [9.17, 15) is 32.3 Å². The Morgan fingerprint density at radius 3 is 2.02 bits per heavy atom. The van der Waals surface area contributed by atoms with Gasteiger partial charge in [0.1, 0.15) is 22.8 Å². The summed E-state index contributed by atoms with van der Waals surface area (Å²) in [6, 6.07) is 15.0. The average molecular weight is 646 g/mol. The molecule has 10 nitrogen and oxygen atoms in total. The maximum absolute atomic E-state index is 13.0. The van der Waals surface area contributed by atoms with Crippen molar-refractivity contribution in [3.8, 4) is 17.2 Å². The molecular formula is C31H30F3N3O7S. The van der Waals surface area contributed by atoms with Crippen molar-refractivity contribution in [2.45, 2.75) is 51.1 Å². The molecule has 238 valence electrons. The number of rotatable bonds is 8. The number of nitrogens with zero attached hydrogens (tertiary/aromatic N) is 2. The third-order valence-corrected chi connectivity index (χ3v) is 7.19. The van der Waals surface area contributed by atoms with Gasteiger partial charge in [0, 0.05) is 20.0 Å². The highest BCUT2D eigenvalue weighted by Crippen LogP contribution is 2.37. The molecule has 45 heavy (non-hydrogen) atoms. The summed E-state index contributed by atoms with van der Waals surface area (Å²) in [6.07, 6.45) is -4.95. The third kappa shape index (κ3) is 8.69. The number of anilines is 2. The first kappa shape index (κ1) is 33.2. The van der Waals surface area contributed by atoms with Gasteiger partial charge in [-0.1, -0.05) is 23.9 Å². The fourth-order valence-corrected chi connectivity index (χ4v) is 4.96. The second kappa shape index (κ2) is 13.1. The lowest BCUT2D eigenvalue weighted by molar-refractivity contribution is -0.137. The van der Waals surface area contributed by atoms with Crippen LogP contribution in [0.25, 0.3) is 0 Å². The lowest BCUT2D eigenvalue weighted by Gasteiger charge is -2.29. The Morgan fingerprint density at radius 2 is 1.49 bits per heavy atom. The highest BCUT2D eigenvalue weighted by Gasteiger charge is 2.32. The molecule has 4 rings (SSSR count). The number of ether oxygens (including phenoxy) is 2. The first-order valence-electron chi connectivity index (χ1n) is 13.5. The summed E-state index contributed by atoms with van der Waals surface area (Å²) in [4.78, 5) is 56.3. The average Bonchev–Trinajstić information content (AvgIpc) is 3.27. The topological polar surface area (TPSA) is 114 Å². The molecule has 1 fully saturated rings. The molecule has 1 aliphatic rings. The summed E-state index contributed by atoms with van der Waals surface area (Å²) < 4.78 is 50.2. The van der Waals surface area contributed by atoms with Crippen molar-refractivity contribution >= 4 is 46.3 Å². The number of amides is 4. The van der Waals surface area contributed by atoms with Crippen LogP contribution < -0.4 is 24.9 Å². The van der Waals surface area contributed by atoms with E-state index in [1.807, 2.05) is 0 Å². The van der Waals surface area contributed by atoms with Crippen LogP contribution in [0.15, 0.2) is 66.7 Å². The second-order valence-electron chi connectivity index (χ2n) is 11.0. The van der Waals surface area contributed by atoms with Crippen LogP contribution in [0.1, 0.15) is 38.8 Å². The summed E-state index contributed by atoms with van der Waals surface area (Å²) >= 11 is 0.916. The van der Waals surface area contributed by atoms with E-state index in [0.29, 0.717) is 6.42 Å². The molecular weight excluding hydrogens is 615 g/mol. The Labute approximate surface area is 261 Å². The minimum Gasteiger partial charge on any atom is -0.457 e. The highest BCUT2D eigenvalue weighted by atomic mass is 32.2. The van der Waals surface area contributed by atoms with E-state index in [2.05, 4.69) is 5.32 Å². The van der Waals surface area contributed by atoms with Gasteiger partial charge in [-0.05, 0) is 81.3 Å². The summed E-state index contributed by atoms with van der Waals surface area (Å²) in [5.74, 6) is -0.389. The van der Waals surface area contributed by atoms with E-state index in [-0.39, 0.29) is 34.5 Å². The van der Waals surface area contributed by atoms with E-state index in [1.54, 1.807) is 45.0 Å². The van der Waals surface area contributed by atoms with Crippen molar-refractivity contribution in [3.63, 3.8) is 0 Å². The number of hydrogen-bond donors (Lipinski definition) is 1. The Hall–Kier alpha value is -4.72. The molecule has 1 atom stereocenters. The van der Waals surface area contributed by atoms with Gasteiger partial charge in [-0.15, -0.1) is 5.06 Å². The molecule has 0 bridgehead atoms. The number of nitrogens with one attached hydrogen (secondary N) is 1. The molecule has 1 heterocycles. The van der Waals surface area contributed by atoms with Gasteiger partial charge in [-0.25, -0.2) is 4.79 Å². The number of benzene rings is 3. The summed E-state index contributed by atoms with van der Waals surface area (Å²) in [7, 11) is 1.42. The predicted molar refractivity (Wildman–Crippen MR) is 161 cm³/mol. The Bertz CT molecular complexity index is 1590. The number of hydroxylamine groups is 1. The van der Waals surface area contributed by atoms with Crippen LogP contribution in [-0.2, 0) is 26.9 Å². The van der Waals surface area contributed by atoms with Crippen LogP contribution in [0.2, 0.25) is 0 Å². The lowest BCUT2D eigenvalue weighted by atomic mass is 10.1. The number of carbonyl (C=O) groups excluding carboxylic acids is 4. The molecule has 1 saturated heterocycles. The van der Waals surface area contributed by atoms with E-state index in [4.69, 9.17) is 14.3 Å². The molecule has 3 aromatic rings. The molecule has 14 heteroatoms. The molecule has 1 N–H and O–H groups in total. The molecule has 0 aliphatic carbocycles. The molecule has 0 saturated carbocycles. The molecule has 0 radical (unpaired) electrons. The zero-order valence-corrected chi connectivity index (χ0v) is 25.7. The maximum atomic E-state index is 13.0. The number of hydrogen-bond acceptors (Lipinski definition) is 8. The zero-order valence-electron chi connectivity index (χ0n) is 24.9. The Balaban J connectivity index is 1.62. The molecule has 0 aromatic heterocycles. The summed E-state index contributed by atoms with van der Waals surface area (Å²) in [5.41, 5.74) is -0.653. The van der Waals surface area contributed by atoms with Crippen molar-refractivity contribution in [3.05, 3.63) is 77.9 Å². The molecule has 4 amide bonds. The van der Waals surface area contributed by atoms with Crippen LogP contribution in [0.5, 0.6) is 17.2 Å². The summed E-state index contributed by atoms with van der Waals surface area (Å²) in [5, 5.41) is 2.26. The van der Waals surface area contributed by atoms with Crippen molar-refractivity contribution in [1.29, 1.82) is 0 Å². The maximum Gasteiger partial charge on any atom is 0.416 e. The number of imide groups is 1. The van der Waals surface area contributed by atoms with Gasteiger partial charge in [0.05, 0.1) is 16.5 Å². The van der Waals surface area contributed by atoms with Gasteiger partial charge >= 0.3 is 12.3 Å². The molecule has 0 spiro atoms. The Kier molecular flexibility index (Phi) is 9.66. The van der Waals surface area contributed by atoms with E-state index in [1.165, 1.54) is 32.2 Å². The number of alkyl halides is 3. The van der Waals surface area contributed by atoms with Gasteiger partial charge in [0.15, 0.2) is 5.75 Å². The van der Waals surface area contributed by atoms with Crippen LogP contribution >= 0.6 is 11.8 Å². The number of thioether (sulfide) groups is 1. The van der Waals surface area contributed by atoms with Crippen molar-refractivity contribution in [1.82, 2.24) is 5.32 Å². The second-order valence-corrected chi connectivity index (χ2v) is 12.1. The van der Waals surface area contributed by atoms with Gasteiger partial charge in [-0.3, -0.25) is 24.6 Å². The quantitative estimate of drug-likeness (QED) is 0.258. The van der Waals surface area contributed by atoms with Gasteiger partial charge in [-0.2, -0.15) is 13.2 Å².